The van der Waals surface area contributed by atoms with Crippen molar-refractivity contribution in [3.63, 3.8) is 0 Å². The Morgan fingerprint density at radius 1 is 1.37 bits per heavy atom. The van der Waals surface area contributed by atoms with E-state index in [1.165, 1.54) is 0 Å². The molecule has 0 aliphatic carbocycles. The van der Waals surface area contributed by atoms with Crippen molar-refractivity contribution >= 4 is 5.91 Å². The van der Waals surface area contributed by atoms with Crippen LogP contribution in [0.3, 0.4) is 0 Å². The van der Waals surface area contributed by atoms with Gasteiger partial charge >= 0.3 is 0 Å². The third kappa shape index (κ3) is 3.38. The zero-order chi connectivity index (χ0) is 13.7. The Morgan fingerprint density at radius 3 is 2.63 bits per heavy atom. The van der Waals surface area contributed by atoms with Crippen molar-refractivity contribution in [3.8, 4) is 17.6 Å². The highest BCUT2D eigenvalue weighted by Crippen LogP contribution is 2.18. The SMILES string of the molecule is COc1ccc(OCCN2CC(C#N)CC2=O)cc1. The van der Waals surface area contributed by atoms with Gasteiger partial charge in [-0.2, -0.15) is 5.26 Å². The molecule has 1 saturated heterocycles. The minimum absolute atomic E-state index is 0.0323. The van der Waals surface area contributed by atoms with Crippen LogP contribution in [0.4, 0.5) is 0 Å². The van der Waals surface area contributed by atoms with Gasteiger partial charge in [0.1, 0.15) is 18.1 Å². The van der Waals surface area contributed by atoms with E-state index in [9.17, 15) is 4.79 Å². The van der Waals surface area contributed by atoms with E-state index in [0.29, 0.717) is 26.1 Å². The Bertz CT molecular complexity index is 478. The van der Waals surface area contributed by atoms with Crippen LogP contribution in [-0.2, 0) is 4.79 Å². The van der Waals surface area contributed by atoms with Crippen molar-refractivity contribution in [3.05, 3.63) is 24.3 Å². The average molecular weight is 260 g/mol. The standard InChI is InChI=1S/C14H16N2O3/c1-18-12-2-4-13(5-3-12)19-7-6-16-10-11(9-15)8-14(16)17/h2-5,11H,6-8,10H2,1H3. The van der Waals surface area contributed by atoms with Gasteiger partial charge in [-0.3, -0.25) is 4.79 Å². The highest BCUT2D eigenvalue weighted by molar-refractivity contribution is 5.79. The third-order valence-corrected chi connectivity index (χ3v) is 3.09. The number of nitrogens with zero attached hydrogens (tertiary/aromatic N) is 2. The van der Waals surface area contributed by atoms with Crippen molar-refractivity contribution in [2.24, 2.45) is 5.92 Å². The lowest BCUT2D eigenvalue weighted by Crippen LogP contribution is -2.29. The maximum absolute atomic E-state index is 11.6. The molecule has 1 fully saturated rings. The Morgan fingerprint density at radius 2 is 2.05 bits per heavy atom. The molecule has 100 valence electrons. The fourth-order valence-electron chi connectivity index (χ4n) is 2.02. The normalized spacial score (nSPS) is 18.2. The molecular formula is C14H16N2O3. The van der Waals surface area contributed by atoms with Crippen molar-refractivity contribution in [2.75, 3.05) is 26.8 Å². The molecule has 1 amide bonds. The van der Waals surface area contributed by atoms with E-state index in [2.05, 4.69) is 6.07 Å². The number of carbonyl (C=O) groups is 1. The second-order valence-corrected chi connectivity index (χ2v) is 4.39. The average Bonchev–Trinajstić information content (AvgIpc) is 2.80. The summed E-state index contributed by atoms with van der Waals surface area (Å²) in [4.78, 5) is 13.3. The summed E-state index contributed by atoms with van der Waals surface area (Å²) >= 11 is 0. The highest BCUT2D eigenvalue weighted by Gasteiger charge is 2.28. The molecule has 1 aromatic rings. The number of hydrogen-bond donors (Lipinski definition) is 0. The molecule has 1 aromatic carbocycles. The summed E-state index contributed by atoms with van der Waals surface area (Å²) in [5, 5.41) is 8.78. The number of ether oxygens (including phenoxy) is 2. The van der Waals surface area contributed by atoms with Crippen molar-refractivity contribution in [2.45, 2.75) is 6.42 Å². The first kappa shape index (κ1) is 13.2. The predicted molar refractivity (Wildman–Crippen MR) is 68.8 cm³/mol. The summed E-state index contributed by atoms with van der Waals surface area (Å²) < 4.78 is 10.6. The fraction of sp³-hybridized carbons (Fsp3) is 0.429. The van der Waals surface area contributed by atoms with Crippen LogP contribution in [0.5, 0.6) is 11.5 Å². The molecular weight excluding hydrogens is 244 g/mol. The molecule has 0 spiro atoms. The van der Waals surface area contributed by atoms with Gasteiger partial charge in [0.15, 0.2) is 0 Å². The summed E-state index contributed by atoms with van der Waals surface area (Å²) in [6, 6.07) is 9.42. The van der Waals surface area contributed by atoms with Crippen LogP contribution in [0.25, 0.3) is 0 Å². The van der Waals surface area contributed by atoms with Gasteiger partial charge in [0, 0.05) is 13.0 Å². The topological polar surface area (TPSA) is 62.6 Å². The van der Waals surface area contributed by atoms with Crippen LogP contribution in [0, 0.1) is 17.2 Å². The summed E-state index contributed by atoms with van der Waals surface area (Å²) in [6.45, 7) is 1.46. The lowest BCUT2D eigenvalue weighted by Gasteiger charge is -2.16. The maximum atomic E-state index is 11.6. The van der Waals surface area contributed by atoms with Gasteiger partial charge in [-0.15, -0.1) is 0 Å². The first-order chi connectivity index (χ1) is 9.22. The van der Waals surface area contributed by atoms with Crippen molar-refractivity contribution in [1.82, 2.24) is 4.90 Å². The molecule has 0 aromatic heterocycles. The molecule has 0 N–H and O–H groups in total. The second-order valence-electron chi connectivity index (χ2n) is 4.39. The second kappa shape index (κ2) is 6.10. The number of methoxy groups -OCH3 is 1. The maximum Gasteiger partial charge on any atom is 0.224 e. The molecule has 5 heteroatoms. The van der Waals surface area contributed by atoms with Gasteiger partial charge in [0.25, 0.3) is 0 Å². The number of likely N-dealkylation sites (tertiary alicyclic amines) is 1. The molecule has 2 rings (SSSR count). The van der Waals surface area contributed by atoms with E-state index in [4.69, 9.17) is 14.7 Å². The minimum Gasteiger partial charge on any atom is -0.497 e. The number of amides is 1. The van der Waals surface area contributed by atoms with E-state index in [-0.39, 0.29) is 11.8 Å². The van der Waals surface area contributed by atoms with Gasteiger partial charge < -0.3 is 14.4 Å². The van der Waals surface area contributed by atoms with E-state index >= 15 is 0 Å². The zero-order valence-electron chi connectivity index (χ0n) is 10.8. The quantitative estimate of drug-likeness (QED) is 0.803. The lowest BCUT2D eigenvalue weighted by atomic mass is 10.1. The Labute approximate surface area is 112 Å². The van der Waals surface area contributed by atoms with Gasteiger partial charge in [-0.1, -0.05) is 0 Å². The number of rotatable bonds is 5. The molecule has 0 radical (unpaired) electrons. The van der Waals surface area contributed by atoms with Crippen LogP contribution in [-0.4, -0.2) is 37.6 Å². The number of benzene rings is 1. The smallest absolute Gasteiger partial charge is 0.224 e. The molecule has 0 bridgehead atoms. The van der Waals surface area contributed by atoms with Gasteiger partial charge in [-0.05, 0) is 24.3 Å². The molecule has 1 aliphatic rings. The van der Waals surface area contributed by atoms with E-state index in [1.54, 1.807) is 12.0 Å². The first-order valence-corrected chi connectivity index (χ1v) is 6.17. The monoisotopic (exact) mass is 260 g/mol. The minimum atomic E-state index is -0.173. The lowest BCUT2D eigenvalue weighted by molar-refractivity contribution is -0.128. The summed E-state index contributed by atoms with van der Waals surface area (Å²) in [5.74, 6) is 1.38. The number of nitriles is 1. The fourth-order valence-corrected chi connectivity index (χ4v) is 2.02. The molecule has 0 saturated carbocycles. The van der Waals surface area contributed by atoms with Gasteiger partial charge in [0.05, 0.1) is 25.6 Å². The van der Waals surface area contributed by atoms with Crippen molar-refractivity contribution < 1.29 is 14.3 Å². The molecule has 1 unspecified atom stereocenters. The largest absolute Gasteiger partial charge is 0.497 e. The summed E-state index contributed by atoms with van der Waals surface area (Å²) in [6.07, 6.45) is 0.332. The van der Waals surface area contributed by atoms with Crippen LogP contribution >= 0.6 is 0 Å². The van der Waals surface area contributed by atoms with E-state index in [1.807, 2.05) is 24.3 Å². The Balaban J connectivity index is 1.77. The van der Waals surface area contributed by atoms with Gasteiger partial charge in [0.2, 0.25) is 5.91 Å². The summed E-state index contributed by atoms with van der Waals surface area (Å²) in [7, 11) is 1.61. The van der Waals surface area contributed by atoms with E-state index < -0.39 is 0 Å². The Hall–Kier alpha value is -2.22. The highest BCUT2D eigenvalue weighted by atomic mass is 16.5. The number of hydrogen-bond acceptors (Lipinski definition) is 4. The van der Waals surface area contributed by atoms with E-state index in [0.717, 1.165) is 11.5 Å². The Kier molecular flexibility index (Phi) is 4.24. The molecule has 19 heavy (non-hydrogen) atoms. The number of carbonyl (C=O) groups excluding carboxylic acids is 1. The van der Waals surface area contributed by atoms with Crippen molar-refractivity contribution in [1.29, 1.82) is 5.26 Å². The third-order valence-electron chi connectivity index (χ3n) is 3.09. The van der Waals surface area contributed by atoms with Crippen LogP contribution in [0.1, 0.15) is 6.42 Å². The van der Waals surface area contributed by atoms with Crippen LogP contribution in [0.2, 0.25) is 0 Å². The summed E-state index contributed by atoms with van der Waals surface area (Å²) in [5.41, 5.74) is 0. The molecule has 5 nitrogen and oxygen atoms in total. The first-order valence-electron chi connectivity index (χ1n) is 6.17. The van der Waals surface area contributed by atoms with Crippen LogP contribution in [0.15, 0.2) is 24.3 Å². The molecule has 1 aliphatic heterocycles. The zero-order valence-corrected chi connectivity index (χ0v) is 10.8. The molecule has 1 heterocycles. The van der Waals surface area contributed by atoms with Crippen LogP contribution < -0.4 is 9.47 Å². The predicted octanol–water partition coefficient (Wildman–Crippen LogP) is 1.45. The molecule has 1 atom stereocenters. The van der Waals surface area contributed by atoms with Gasteiger partial charge in [-0.25, -0.2) is 0 Å².